The lowest BCUT2D eigenvalue weighted by Gasteiger charge is -1.88. The van der Waals surface area contributed by atoms with Gasteiger partial charge in [0.25, 0.3) is 0 Å². The van der Waals surface area contributed by atoms with Gasteiger partial charge < -0.3 is 10.2 Å². The van der Waals surface area contributed by atoms with Gasteiger partial charge in [0.05, 0.1) is 12.8 Å². The maximum atomic E-state index is 9.64. The largest absolute Gasteiger partial charge is 0.481 e. The minimum absolute atomic E-state index is 0.296. The van der Waals surface area contributed by atoms with E-state index >= 15 is 0 Å². The second-order valence-corrected chi connectivity index (χ2v) is 3.17. The molecule has 0 spiro atoms. The quantitative estimate of drug-likeness (QED) is 0.798. The van der Waals surface area contributed by atoms with Gasteiger partial charge in [-0.15, -0.1) is 11.6 Å². The molecule has 0 radical (unpaired) electrons. The third-order valence-electron chi connectivity index (χ3n) is 1.55. The summed E-state index contributed by atoms with van der Waals surface area (Å²) < 4.78 is 0. The molecule has 5 heteroatoms. The SMILES string of the molecule is ClCc1ccccc1.O=C(O)CCC(=O)O. The third kappa shape index (κ3) is 9.02. The van der Waals surface area contributed by atoms with Gasteiger partial charge in [0.2, 0.25) is 0 Å². The lowest BCUT2D eigenvalue weighted by molar-refractivity contribution is -0.143. The summed E-state index contributed by atoms with van der Waals surface area (Å²) in [6.07, 6.45) is -0.593. The number of hydrogen-bond acceptors (Lipinski definition) is 2. The molecule has 0 aromatic heterocycles. The number of carboxylic acids is 2. The molecule has 88 valence electrons. The lowest BCUT2D eigenvalue weighted by atomic mass is 10.2. The van der Waals surface area contributed by atoms with Crippen LogP contribution in [0.15, 0.2) is 30.3 Å². The molecule has 1 aromatic carbocycles. The Bertz CT molecular complexity index is 310. The third-order valence-corrected chi connectivity index (χ3v) is 1.86. The van der Waals surface area contributed by atoms with Crippen LogP contribution in [0.1, 0.15) is 18.4 Å². The smallest absolute Gasteiger partial charge is 0.303 e. The summed E-state index contributed by atoms with van der Waals surface area (Å²) >= 11 is 5.53. The first kappa shape index (κ1) is 14.5. The molecule has 2 N–H and O–H groups in total. The molecule has 0 amide bonds. The highest BCUT2D eigenvalue weighted by atomic mass is 35.5. The first-order chi connectivity index (χ1) is 7.56. The van der Waals surface area contributed by atoms with Crippen LogP contribution in [0.4, 0.5) is 0 Å². The Morgan fingerprint density at radius 1 is 1.00 bits per heavy atom. The van der Waals surface area contributed by atoms with Gasteiger partial charge in [0.1, 0.15) is 0 Å². The van der Waals surface area contributed by atoms with Crippen LogP contribution in [0.25, 0.3) is 0 Å². The molecule has 1 rings (SSSR count). The Hall–Kier alpha value is -1.55. The van der Waals surface area contributed by atoms with Crippen molar-refractivity contribution in [1.82, 2.24) is 0 Å². The molecule has 4 nitrogen and oxygen atoms in total. The van der Waals surface area contributed by atoms with Crippen LogP contribution in [-0.4, -0.2) is 22.2 Å². The van der Waals surface area contributed by atoms with Crippen molar-refractivity contribution in [2.75, 3.05) is 0 Å². The van der Waals surface area contributed by atoms with Crippen molar-refractivity contribution in [1.29, 1.82) is 0 Å². The fourth-order valence-electron chi connectivity index (χ4n) is 0.781. The van der Waals surface area contributed by atoms with Crippen LogP contribution in [-0.2, 0) is 15.5 Å². The molecule has 0 saturated heterocycles. The zero-order valence-electron chi connectivity index (χ0n) is 8.60. The molecule has 0 aliphatic heterocycles. The highest BCUT2D eigenvalue weighted by Crippen LogP contribution is 2.00. The van der Waals surface area contributed by atoms with Crippen LogP contribution in [0, 0.1) is 0 Å². The first-order valence-electron chi connectivity index (χ1n) is 4.59. The minimum Gasteiger partial charge on any atom is -0.481 e. The van der Waals surface area contributed by atoms with Crippen molar-refractivity contribution in [3.05, 3.63) is 35.9 Å². The summed E-state index contributed by atoms with van der Waals surface area (Å²) in [5.41, 5.74) is 1.18. The predicted octanol–water partition coefficient (Wildman–Crippen LogP) is 2.36. The van der Waals surface area contributed by atoms with Gasteiger partial charge in [-0.25, -0.2) is 0 Å². The lowest BCUT2D eigenvalue weighted by Crippen LogP contribution is -2.00. The Balaban J connectivity index is 0.000000281. The van der Waals surface area contributed by atoms with E-state index in [9.17, 15) is 9.59 Å². The molecule has 0 saturated carbocycles. The Labute approximate surface area is 98.5 Å². The summed E-state index contributed by atoms with van der Waals surface area (Å²) in [6.45, 7) is 0. The van der Waals surface area contributed by atoms with E-state index in [2.05, 4.69) is 0 Å². The van der Waals surface area contributed by atoms with Crippen molar-refractivity contribution >= 4 is 23.5 Å². The van der Waals surface area contributed by atoms with E-state index in [1.165, 1.54) is 5.56 Å². The van der Waals surface area contributed by atoms with Crippen molar-refractivity contribution in [3.8, 4) is 0 Å². The van der Waals surface area contributed by atoms with E-state index in [1.807, 2.05) is 30.3 Å². The van der Waals surface area contributed by atoms with Crippen molar-refractivity contribution in [2.24, 2.45) is 0 Å². The van der Waals surface area contributed by atoms with Gasteiger partial charge in [0.15, 0.2) is 0 Å². The number of alkyl halides is 1. The maximum Gasteiger partial charge on any atom is 0.303 e. The second-order valence-electron chi connectivity index (χ2n) is 2.91. The number of halogens is 1. The summed E-state index contributed by atoms with van der Waals surface area (Å²) in [6, 6.07) is 9.96. The van der Waals surface area contributed by atoms with Gasteiger partial charge in [-0.1, -0.05) is 30.3 Å². The van der Waals surface area contributed by atoms with E-state index < -0.39 is 11.9 Å². The standard InChI is InChI=1S/C7H7Cl.C4H6O4/c8-6-7-4-2-1-3-5-7;5-3(6)1-2-4(7)8/h1-5H,6H2;1-2H2,(H,5,6)(H,7,8). The van der Waals surface area contributed by atoms with Gasteiger partial charge in [0, 0.05) is 5.88 Å². The van der Waals surface area contributed by atoms with Crippen LogP contribution in [0.2, 0.25) is 0 Å². The zero-order chi connectivity index (χ0) is 12.4. The number of hydrogen-bond donors (Lipinski definition) is 2. The van der Waals surface area contributed by atoms with Crippen LogP contribution in [0.5, 0.6) is 0 Å². The summed E-state index contributed by atoms with van der Waals surface area (Å²) in [5, 5.41) is 15.8. The molecule has 0 aliphatic rings. The van der Waals surface area contributed by atoms with Crippen LogP contribution in [0.3, 0.4) is 0 Å². The Kier molecular flexibility index (Phi) is 7.89. The summed E-state index contributed by atoms with van der Waals surface area (Å²) in [5.74, 6) is -1.54. The predicted molar refractivity (Wildman–Crippen MR) is 60.5 cm³/mol. The van der Waals surface area contributed by atoms with Crippen LogP contribution < -0.4 is 0 Å². The second kappa shape index (κ2) is 8.73. The van der Waals surface area contributed by atoms with Gasteiger partial charge in [-0.2, -0.15) is 0 Å². The molecular formula is C11H13ClO4. The van der Waals surface area contributed by atoms with Crippen molar-refractivity contribution < 1.29 is 19.8 Å². The van der Waals surface area contributed by atoms with E-state index in [4.69, 9.17) is 21.8 Å². The van der Waals surface area contributed by atoms with Crippen molar-refractivity contribution in [2.45, 2.75) is 18.7 Å². The normalized spacial score (nSPS) is 8.81. The molecule has 0 unspecified atom stereocenters. The van der Waals surface area contributed by atoms with Gasteiger partial charge in [-0.3, -0.25) is 9.59 Å². The van der Waals surface area contributed by atoms with Crippen LogP contribution >= 0.6 is 11.6 Å². The van der Waals surface area contributed by atoms with Gasteiger partial charge in [-0.05, 0) is 5.56 Å². The molecule has 0 fully saturated rings. The number of benzene rings is 1. The highest BCUT2D eigenvalue weighted by molar-refractivity contribution is 6.17. The number of aliphatic carboxylic acids is 2. The topological polar surface area (TPSA) is 74.6 Å². The molecule has 0 heterocycles. The monoisotopic (exact) mass is 244 g/mol. The minimum atomic E-state index is -1.08. The molecule has 16 heavy (non-hydrogen) atoms. The maximum absolute atomic E-state index is 9.64. The molecule has 1 aromatic rings. The van der Waals surface area contributed by atoms with E-state index in [-0.39, 0.29) is 12.8 Å². The summed E-state index contributed by atoms with van der Waals surface area (Å²) in [4.78, 5) is 19.3. The average Bonchev–Trinajstić information content (AvgIpc) is 2.28. The first-order valence-corrected chi connectivity index (χ1v) is 5.13. The Morgan fingerprint density at radius 3 is 1.69 bits per heavy atom. The molecule has 0 atom stereocenters. The number of carboxylic acid groups (broad SMARTS) is 2. The fraction of sp³-hybridized carbons (Fsp3) is 0.273. The highest BCUT2D eigenvalue weighted by Gasteiger charge is 2.00. The number of rotatable bonds is 4. The van der Waals surface area contributed by atoms with E-state index in [0.717, 1.165) is 0 Å². The molecule has 0 bridgehead atoms. The Morgan fingerprint density at radius 2 is 1.44 bits per heavy atom. The molecular weight excluding hydrogens is 232 g/mol. The molecule has 0 aliphatic carbocycles. The van der Waals surface area contributed by atoms with E-state index in [1.54, 1.807) is 0 Å². The zero-order valence-corrected chi connectivity index (χ0v) is 9.35. The average molecular weight is 245 g/mol. The van der Waals surface area contributed by atoms with Crippen molar-refractivity contribution in [3.63, 3.8) is 0 Å². The van der Waals surface area contributed by atoms with Gasteiger partial charge >= 0.3 is 11.9 Å². The number of carbonyl (C=O) groups is 2. The van der Waals surface area contributed by atoms with E-state index in [0.29, 0.717) is 5.88 Å². The fourth-order valence-corrected chi connectivity index (χ4v) is 0.959. The summed E-state index contributed by atoms with van der Waals surface area (Å²) in [7, 11) is 0.